The molecule has 5 heterocycles. The Morgan fingerprint density at radius 2 is 1.97 bits per heavy atom. The molecule has 3 N–H and O–H groups in total. The molecule has 4 aromatic rings. The number of fused-ring (bicyclic) bond motifs is 3. The van der Waals surface area contributed by atoms with Crippen molar-refractivity contribution in [2.45, 2.75) is 50.2 Å². The number of piperidine rings is 2. The monoisotopic (exact) mass is 401 g/mol. The van der Waals surface area contributed by atoms with Crippen LogP contribution < -0.4 is 10.6 Å². The maximum Gasteiger partial charge on any atom is 0.242 e. The van der Waals surface area contributed by atoms with E-state index in [4.69, 9.17) is 0 Å². The molecule has 2 aliphatic heterocycles. The van der Waals surface area contributed by atoms with Crippen LogP contribution in [0.4, 0.5) is 5.95 Å². The highest BCUT2D eigenvalue weighted by Gasteiger charge is 2.31. The van der Waals surface area contributed by atoms with Gasteiger partial charge in [-0.15, -0.1) is 10.2 Å². The molecule has 2 saturated heterocycles. The third-order valence-corrected chi connectivity index (χ3v) is 6.23. The summed E-state index contributed by atoms with van der Waals surface area (Å²) in [7, 11) is 0. The minimum atomic E-state index is 0.406. The van der Waals surface area contributed by atoms with Gasteiger partial charge in [0.2, 0.25) is 5.95 Å². The standard InChI is InChI=1S/C21H23N9/c1-3-13-9-15(10-14(4-1)25-13)26-21-22-12-18(27-29-21)16-5-6-19(30-8-2-7-24-30)20-17(16)11-23-28-20/h2,5-8,11-15,25H,1,3-4,9-10H2,(H,23,28)(H,22,26,29)/t13-,14-/m0/s1. The summed E-state index contributed by atoms with van der Waals surface area (Å²) >= 11 is 0. The molecule has 9 heteroatoms. The van der Waals surface area contributed by atoms with Gasteiger partial charge in [-0.3, -0.25) is 5.10 Å². The lowest BCUT2D eigenvalue weighted by Gasteiger charge is -2.40. The Morgan fingerprint density at radius 1 is 1.07 bits per heavy atom. The van der Waals surface area contributed by atoms with Crippen LogP contribution >= 0.6 is 0 Å². The summed E-state index contributed by atoms with van der Waals surface area (Å²) in [6, 6.07) is 7.55. The summed E-state index contributed by atoms with van der Waals surface area (Å²) in [5.41, 5.74) is 3.51. The van der Waals surface area contributed by atoms with Crippen molar-refractivity contribution in [3.63, 3.8) is 0 Å². The zero-order chi connectivity index (χ0) is 19.9. The molecule has 0 aliphatic carbocycles. The van der Waals surface area contributed by atoms with Gasteiger partial charge in [0.25, 0.3) is 0 Å². The second-order valence-corrected chi connectivity index (χ2v) is 8.21. The van der Waals surface area contributed by atoms with E-state index in [1.807, 2.05) is 29.1 Å². The maximum absolute atomic E-state index is 4.55. The molecule has 0 spiro atoms. The summed E-state index contributed by atoms with van der Waals surface area (Å²) in [5.74, 6) is 0.598. The quantitative estimate of drug-likeness (QED) is 0.482. The van der Waals surface area contributed by atoms with Gasteiger partial charge < -0.3 is 10.6 Å². The van der Waals surface area contributed by atoms with Crippen molar-refractivity contribution in [3.8, 4) is 16.9 Å². The highest BCUT2D eigenvalue weighted by molar-refractivity contribution is 5.97. The van der Waals surface area contributed by atoms with Crippen molar-refractivity contribution in [2.24, 2.45) is 0 Å². The molecule has 6 rings (SSSR count). The lowest BCUT2D eigenvalue weighted by molar-refractivity contribution is 0.230. The number of benzene rings is 1. The Labute approximate surface area is 173 Å². The van der Waals surface area contributed by atoms with Gasteiger partial charge in [-0.25, -0.2) is 9.67 Å². The Morgan fingerprint density at radius 3 is 2.73 bits per heavy atom. The predicted molar refractivity (Wildman–Crippen MR) is 113 cm³/mol. The highest BCUT2D eigenvalue weighted by Crippen LogP contribution is 2.30. The molecule has 0 saturated carbocycles. The Kier molecular flexibility index (Phi) is 4.19. The Balaban J connectivity index is 1.25. The number of hydrogen-bond acceptors (Lipinski definition) is 7. The molecular formula is C21H23N9. The molecule has 2 bridgehead atoms. The summed E-state index contributed by atoms with van der Waals surface area (Å²) < 4.78 is 1.82. The number of H-pyrrole nitrogens is 1. The van der Waals surface area contributed by atoms with Gasteiger partial charge in [0.1, 0.15) is 5.69 Å². The van der Waals surface area contributed by atoms with Crippen molar-refractivity contribution in [3.05, 3.63) is 43.0 Å². The van der Waals surface area contributed by atoms with E-state index in [2.05, 4.69) is 41.1 Å². The molecule has 2 atom stereocenters. The van der Waals surface area contributed by atoms with Crippen LogP contribution in [0.2, 0.25) is 0 Å². The number of nitrogens with one attached hydrogen (secondary N) is 3. The lowest BCUT2D eigenvalue weighted by Crippen LogP contribution is -2.52. The van der Waals surface area contributed by atoms with E-state index in [0.717, 1.165) is 40.7 Å². The fourth-order valence-corrected chi connectivity index (χ4v) is 4.88. The molecule has 9 nitrogen and oxygen atoms in total. The van der Waals surface area contributed by atoms with Gasteiger partial charge in [-0.1, -0.05) is 6.42 Å². The average molecular weight is 401 g/mol. The number of rotatable bonds is 4. The zero-order valence-electron chi connectivity index (χ0n) is 16.5. The molecule has 0 radical (unpaired) electrons. The smallest absolute Gasteiger partial charge is 0.242 e. The van der Waals surface area contributed by atoms with Crippen molar-refractivity contribution >= 4 is 16.9 Å². The molecule has 0 unspecified atom stereocenters. The zero-order valence-corrected chi connectivity index (χ0v) is 16.5. The number of aromatic nitrogens is 7. The number of hydrogen-bond donors (Lipinski definition) is 3. The van der Waals surface area contributed by atoms with E-state index < -0.39 is 0 Å². The van der Waals surface area contributed by atoms with Crippen LogP contribution in [0.1, 0.15) is 32.1 Å². The fraction of sp³-hybridized carbons (Fsp3) is 0.381. The van der Waals surface area contributed by atoms with Crippen LogP contribution in [0.3, 0.4) is 0 Å². The topological polar surface area (TPSA) is 109 Å². The molecule has 30 heavy (non-hydrogen) atoms. The van der Waals surface area contributed by atoms with Crippen LogP contribution in [0, 0.1) is 0 Å². The van der Waals surface area contributed by atoms with Crippen molar-refractivity contribution in [1.29, 1.82) is 0 Å². The number of aromatic amines is 1. The molecule has 1 aromatic carbocycles. The first-order valence-corrected chi connectivity index (χ1v) is 10.5. The first-order chi connectivity index (χ1) is 14.8. The van der Waals surface area contributed by atoms with Crippen molar-refractivity contribution in [2.75, 3.05) is 5.32 Å². The largest absolute Gasteiger partial charge is 0.350 e. The van der Waals surface area contributed by atoms with Gasteiger partial charge >= 0.3 is 0 Å². The summed E-state index contributed by atoms with van der Waals surface area (Å²) in [4.78, 5) is 4.55. The molecule has 0 amide bonds. The summed E-state index contributed by atoms with van der Waals surface area (Å²) in [5, 5.41) is 28.6. The highest BCUT2D eigenvalue weighted by atomic mass is 15.3. The second kappa shape index (κ2) is 7.17. The number of nitrogens with zero attached hydrogens (tertiary/aromatic N) is 6. The van der Waals surface area contributed by atoms with E-state index in [-0.39, 0.29) is 0 Å². The van der Waals surface area contributed by atoms with Crippen LogP contribution in [0.5, 0.6) is 0 Å². The minimum Gasteiger partial charge on any atom is -0.350 e. The van der Waals surface area contributed by atoms with Crippen LogP contribution in [-0.2, 0) is 0 Å². The SMILES string of the molecule is c1cnn(-c2ccc(-c3cnc(NC4C[C@@H]5CCC[C@@H](C4)N5)nn3)c3cn[nH]c23)c1. The van der Waals surface area contributed by atoms with Crippen LogP contribution in [-0.4, -0.2) is 53.3 Å². The van der Waals surface area contributed by atoms with Crippen molar-refractivity contribution in [1.82, 2.24) is 40.5 Å². The van der Waals surface area contributed by atoms with E-state index in [0.29, 0.717) is 24.1 Å². The van der Waals surface area contributed by atoms with Gasteiger partial charge in [-0.05, 0) is 43.9 Å². The molecule has 2 fully saturated rings. The maximum atomic E-state index is 4.55. The fourth-order valence-electron chi connectivity index (χ4n) is 4.88. The first kappa shape index (κ1) is 17.5. The molecular weight excluding hydrogens is 378 g/mol. The van der Waals surface area contributed by atoms with Gasteiger partial charge in [0.05, 0.1) is 23.6 Å². The molecule has 2 aliphatic rings. The third-order valence-electron chi connectivity index (χ3n) is 6.23. The molecule has 3 aromatic heterocycles. The van der Waals surface area contributed by atoms with E-state index in [9.17, 15) is 0 Å². The van der Waals surface area contributed by atoms with E-state index in [1.165, 1.54) is 19.3 Å². The van der Waals surface area contributed by atoms with Crippen LogP contribution in [0.15, 0.2) is 43.0 Å². The molecule has 152 valence electrons. The first-order valence-electron chi connectivity index (χ1n) is 10.5. The number of anilines is 1. The minimum absolute atomic E-state index is 0.406. The van der Waals surface area contributed by atoms with Gasteiger partial charge in [-0.2, -0.15) is 10.2 Å². The normalized spacial score (nSPS) is 23.5. The van der Waals surface area contributed by atoms with Crippen LogP contribution in [0.25, 0.3) is 27.8 Å². The lowest BCUT2D eigenvalue weighted by atomic mass is 9.84. The Bertz CT molecular complexity index is 1140. The second-order valence-electron chi connectivity index (χ2n) is 8.21. The summed E-state index contributed by atoms with van der Waals surface area (Å²) in [6.45, 7) is 0. The average Bonchev–Trinajstić information content (AvgIpc) is 3.46. The predicted octanol–water partition coefficient (Wildman–Crippen LogP) is 2.69. The summed E-state index contributed by atoms with van der Waals surface area (Å²) in [6.07, 6.45) is 13.4. The van der Waals surface area contributed by atoms with Crippen molar-refractivity contribution < 1.29 is 0 Å². The van der Waals surface area contributed by atoms with Gasteiger partial charge in [0.15, 0.2) is 0 Å². The third kappa shape index (κ3) is 3.11. The van der Waals surface area contributed by atoms with E-state index >= 15 is 0 Å². The van der Waals surface area contributed by atoms with E-state index in [1.54, 1.807) is 18.6 Å². The van der Waals surface area contributed by atoms with Gasteiger partial charge in [0, 0.05) is 41.5 Å². The Hall–Kier alpha value is -3.33.